The van der Waals surface area contributed by atoms with Crippen molar-refractivity contribution >= 4 is 0 Å². The first-order valence-corrected chi connectivity index (χ1v) is 7.02. The summed E-state index contributed by atoms with van der Waals surface area (Å²) in [5.74, 6) is 0. The summed E-state index contributed by atoms with van der Waals surface area (Å²) < 4.78 is 10.4. The highest BCUT2D eigenvalue weighted by Gasteiger charge is 2.07. The van der Waals surface area contributed by atoms with Crippen molar-refractivity contribution in [3.8, 4) is 0 Å². The van der Waals surface area contributed by atoms with Crippen molar-refractivity contribution in [2.24, 2.45) is 0 Å². The third kappa shape index (κ3) is 6.19. The van der Waals surface area contributed by atoms with E-state index in [9.17, 15) is 0 Å². The van der Waals surface area contributed by atoms with Crippen LogP contribution in [-0.2, 0) is 9.47 Å². The van der Waals surface area contributed by atoms with Gasteiger partial charge >= 0.3 is 0 Å². The van der Waals surface area contributed by atoms with Crippen molar-refractivity contribution in [1.82, 2.24) is 5.32 Å². The fraction of sp³-hybridized carbons (Fsp3) is 0.625. The van der Waals surface area contributed by atoms with Crippen molar-refractivity contribution in [1.29, 1.82) is 0 Å². The van der Waals surface area contributed by atoms with Crippen molar-refractivity contribution in [2.45, 2.75) is 33.2 Å². The average Bonchev–Trinajstić information content (AvgIpc) is 2.37. The van der Waals surface area contributed by atoms with Gasteiger partial charge in [-0.1, -0.05) is 23.8 Å². The zero-order valence-electron chi connectivity index (χ0n) is 12.7. The molecule has 0 bridgehead atoms. The van der Waals surface area contributed by atoms with E-state index in [0.717, 1.165) is 19.6 Å². The van der Waals surface area contributed by atoms with Crippen molar-refractivity contribution < 1.29 is 9.47 Å². The summed E-state index contributed by atoms with van der Waals surface area (Å²) in [6.07, 6.45) is 1.03. The van der Waals surface area contributed by atoms with E-state index in [4.69, 9.17) is 9.47 Å². The normalized spacial score (nSPS) is 12.6. The molecular formula is C16H27NO2. The van der Waals surface area contributed by atoms with Crippen LogP contribution in [-0.4, -0.2) is 33.5 Å². The topological polar surface area (TPSA) is 30.5 Å². The highest BCUT2D eigenvalue weighted by molar-refractivity contribution is 5.32. The minimum atomic E-state index is 0.388. The molecule has 3 heteroatoms. The molecule has 0 saturated carbocycles. The van der Waals surface area contributed by atoms with E-state index in [2.05, 4.69) is 44.3 Å². The van der Waals surface area contributed by atoms with Crippen molar-refractivity contribution in [2.75, 3.05) is 33.5 Å². The minimum Gasteiger partial charge on any atom is -0.382 e. The van der Waals surface area contributed by atoms with E-state index in [0.29, 0.717) is 19.3 Å². The summed E-state index contributed by atoms with van der Waals surface area (Å²) in [5.41, 5.74) is 4.06. The third-order valence-electron chi connectivity index (χ3n) is 3.24. The first kappa shape index (κ1) is 16.2. The molecule has 0 fully saturated rings. The van der Waals surface area contributed by atoms with Gasteiger partial charge in [-0.3, -0.25) is 0 Å². The molecular weight excluding hydrogens is 238 g/mol. The van der Waals surface area contributed by atoms with Gasteiger partial charge in [0, 0.05) is 19.8 Å². The summed E-state index contributed by atoms with van der Waals surface area (Å²) >= 11 is 0. The maximum Gasteiger partial charge on any atom is 0.0700 e. The Kier molecular flexibility index (Phi) is 7.72. The molecule has 0 aliphatic carbocycles. The van der Waals surface area contributed by atoms with Crippen LogP contribution in [0.5, 0.6) is 0 Å². The number of nitrogens with one attached hydrogen (secondary N) is 1. The molecule has 1 aromatic rings. The molecule has 1 atom stereocenters. The molecule has 0 aliphatic rings. The summed E-state index contributed by atoms with van der Waals surface area (Å²) in [5, 5.41) is 3.54. The number of hydrogen-bond donors (Lipinski definition) is 1. The molecule has 0 heterocycles. The highest BCUT2D eigenvalue weighted by Crippen LogP contribution is 2.18. The second kappa shape index (κ2) is 9.08. The first-order valence-electron chi connectivity index (χ1n) is 7.02. The Bertz CT molecular complexity index is 366. The lowest BCUT2D eigenvalue weighted by atomic mass is 10.0. The monoisotopic (exact) mass is 265 g/mol. The first-order chi connectivity index (χ1) is 9.15. The Morgan fingerprint density at radius 3 is 2.63 bits per heavy atom. The molecule has 108 valence electrons. The van der Waals surface area contributed by atoms with Crippen LogP contribution >= 0.6 is 0 Å². The molecule has 1 unspecified atom stereocenters. The molecule has 0 amide bonds. The van der Waals surface area contributed by atoms with Crippen molar-refractivity contribution in [3.05, 3.63) is 34.9 Å². The fourth-order valence-electron chi connectivity index (χ4n) is 2.16. The van der Waals surface area contributed by atoms with Crippen LogP contribution in [0.3, 0.4) is 0 Å². The number of aryl methyl sites for hydroxylation is 2. The Morgan fingerprint density at radius 2 is 1.95 bits per heavy atom. The molecule has 1 N–H and O–H groups in total. The van der Waals surface area contributed by atoms with Crippen LogP contribution in [0.1, 0.15) is 36.1 Å². The van der Waals surface area contributed by atoms with E-state index >= 15 is 0 Å². The number of hydrogen-bond acceptors (Lipinski definition) is 3. The Balaban J connectivity index is 2.22. The Labute approximate surface area is 117 Å². The van der Waals surface area contributed by atoms with Gasteiger partial charge in [-0.15, -0.1) is 0 Å². The molecule has 19 heavy (non-hydrogen) atoms. The van der Waals surface area contributed by atoms with Gasteiger partial charge < -0.3 is 14.8 Å². The van der Waals surface area contributed by atoms with Crippen LogP contribution in [0, 0.1) is 13.8 Å². The largest absolute Gasteiger partial charge is 0.382 e. The lowest BCUT2D eigenvalue weighted by Gasteiger charge is -2.17. The fourth-order valence-corrected chi connectivity index (χ4v) is 2.16. The Morgan fingerprint density at radius 1 is 1.16 bits per heavy atom. The van der Waals surface area contributed by atoms with Crippen LogP contribution in [0.15, 0.2) is 18.2 Å². The third-order valence-corrected chi connectivity index (χ3v) is 3.24. The zero-order valence-corrected chi connectivity index (χ0v) is 12.7. The van der Waals surface area contributed by atoms with Gasteiger partial charge in [-0.05, 0) is 44.9 Å². The summed E-state index contributed by atoms with van der Waals surface area (Å²) in [7, 11) is 1.69. The predicted molar refractivity (Wildman–Crippen MR) is 79.6 cm³/mol. The Hall–Kier alpha value is -0.900. The minimum absolute atomic E-state index is 0.388. The molecule has 0 aromatic heterocycles. The maximum atomic E-state index is 5.44. The molecule has 0 radical (unpaired) electrons. The van der Waals surface area contributed by atoms with Crippen LogP contribution in [0.4, 0.5) is 0 Å². The van der Waals surface area contributed by atoms with E-state index in [1.165, 1.54) is 16.7 Å². The van der Waals surface area contributed by atoms with Gasteiger partial charge in [0.25, 0.3) is 0 Å². The second-order valence-electron chi connectivity index (χ2n) is 4.99. The van der Waals surface area contributed by atoms with E-state index in [1.807, 2.05) is 0 Å². The summed E-state index contributed by atoms with van der Waals surface area (Å²) in [6.45, 7) is 9.64. The SMILES string of the molecule is COCCOCCCNC(C)c1ccc(C)cc1C. The van der Waals surface area contributed by atoms with Gasteiger partial charge in [0.05, 0.1) is 13.2 Å². The molecule has 0 aliphatic heterocycles. The average molecular weight is 265 g/mol. The number of methoxy groups -OCH3 is 1. The van der Waals surface area contributed by atoms with Crippen LogP contribution < -0.4 is 5.32 Å². The number of benzene rings is 1. The molecule has 1 rings (SSSR count). The van der Waals surface area contributed by atoms with E-state index < -0.39 is 0 Å². The van der Waals surface area contributed by atoms with E-state index in [1.54, 1.807) is 7.11 Å². The van der Waals surface area contributed by atoms with Crippen LogP contribution in [0.25, 0.3) is 0 Å². The summed E-state index contributed by atoms with van der Waals surface area (Å²) in [4.78, 5) is 0. The number of rotatable bonds is 9. The molecule has 0 spiro atoms. The van der Waals surface area contributed by atoms with Crippen molar-refractivity contribution in [3.63, 3.8) is 0 Å². The van der Waals surface area contributed by atoms with Gasteiger partial charge in [0.2, 0.25) is 0 Å². The predicted octanol–water partition coefficient (Wildman–Crippen LogP) is 3.01. The smallest absolute Gasteiger partial charge is 0.0700 e. The standard InChI is InChI=1S/C16H27NO2/c1-13-6-7-16(14(2)12-13)15(3)17-8-5-9-19-11-10-18-4/h6-7,12,15,17H,5,8-11H2,1-4H3. The lowest BCUT2D eigenvalue weighted by Crippen LogP contribution is -2.22. The van der Waals surface area contributed by atoms with Gasteiger partial charge in [0.15, 0.2) is 0 Å². The quantitative estimate of drug-likeness (QED) is 0.696. The lowest BCUT2D eigenvalue weighted by molar-refractivity contribution is 0.0693. The maximum absolute atomic E-state index is 5.44. The van der Waals surface area contributed by atoms with Gasteiger partial charge in [-0.2, -0.15) is 0 Å². The molecule has 1 aromatic carbocycles. The molecule has 0 saturated heterocycles. The van der Waals surface area contributed by atoms with Gasteiger partial charge in [-0.25, -0.2) is 0 Å². The summed E-state index contributed by atoms with van der Waals surface area (Å²) in [6, 6.07) is 7.02. The second-order valence-corrected chi connectivity index (χ2v) is 4.99. The van der Waals surface area contributed by atoms with Crippen LogP contribution in [0.2, 0.25) is 0 Å². The van der Waals surface area contributed by atoms with Gasteiger partial charge in [0.1, 0.15) is 0 Å². The van der Waals surface area contributed by atoms with E-state index in [-0.39, 0.29) is 0 Å². The number of ether oxygens (including phenoxy) is 2. The zero-order chi connectivity index (χ0) is 14.1. The highest BCUT2D eigenvalue weighted by atomic mass is 16.5. The molecule has 3 nitrogen and oxygen atoms in total.